The average molecular weight is 228 g/mol. The molecular formula is C10H14ClN3O. The zero-order valence-electron chi connectivity index (χ0n) is 8.99. The molecule has 1 aromatic heterocycles. The largest absolute Gasteiger partial charge is 0.384 e. The summed E-state index contributed by atoms with van der Waals surface area (Å²) in [6, 6.07) is 3.16. The van der Waals surface area contributed by atoms with Gasteiger partial charge in [-0.25, -0.2) is 4.98 Å². The van der Waals surface area contributed by atoms with Crippen LogP contribution in [0.1, 0.15) is 24.2 Å². The zero-order valence-corrected chi connectivity index (χ0v) is 9.75. The minimum atomic E-state index is -0.110. The van der Waals surface area contributed by atoms with E-state index in [1.807, 2.05) is 13.8 Å². The van der Waals surface area contributed by atoms with Crippen LogP contribution in [-0.4, -0.2) is 28.9 Å². The maximum Gasteiger partial charge on any atom is 0.254 e. The summed E-state index contributed by atoms with van der Waals surface area (Å²) in [7, 11) is 1.73. The van der Waals surface area contributed by atoms with E-state index in [1.54, 1.807) is 11.9 Å². The molecule has 0 spiro atoms. The summed E-state index contributed by atoms with van der Waals surface area (Å²) in [6.45, 7) is 3.87. The number of halogens is 1. The Morgan fingerprint density at radius 2 is 2.13 bits per heavy atom. The SMILES string of the molecule is CC(C)N(C)C(=O)c1cc(N)nc(Cl)c1. The van der Waals surface area contributed by atoms with Crippen molar-refractivity contribution >= 4 is 23.3 Å². The van der Waals surface area contributed by atoms with Crippen molar-refractivity contribution in [1.82, 2.24) is 9.88 Å². The van der Waals surface area contributed by atoms with Crippen molar-refractivity contribution in [2.75, 3.05) is 12.8 Å². The van der Waals surface area contributed by atoms with Gasteiger partial charge in [-0.05, 0) is 26.0 Å². The molecule has 1 aromatic rings. The van der Waals surface area contributed by atoms with Gasteiger partial charge in [0.25, 0.3) is 5.91 Å². The van der Waals surface area contributed by atoms with Gasteiger partial charge in [0, 0.05) is 18.7 Å². The summed E-state index contributed by atoms with van der Waals surface area (Å²) in [4.78, 5) is 17.3. The fourth-order valence-electron chi connectivity index (χ4n) is 1.08. The van der Waals surface area contributed by atoms with E-state index in [4.69, 9.17) is 17.3 Å². The van der Waals surface area contributed by atoms with Gasteiger partial charge in [-0.2, -0.15) is 0 Å². The normalized spacial score (nSPS) is 10.5. The van der Waals surface area contributed by atoms with Gasteiger partial charge in [-0.3, -0.25) is 4.79 Å². The molecule has 4 nitrogen and oxygen atoms in total. The van der Waals surface area contributed by atoms with Gasteiger partial charge in [-0.15, -0.1) is 0 Å². The molecular weight excluding hydrogens is 214 g/mol. The minimum absolute atomic E-state index is 0.110. The fraction of sp³-hybridized carbons (Fsp3) is 0.400. The Bertz CT molecular complexity index is 359. The molecule has 0 radical (unpaired) electrons. The van der Waals surface area contributed by atoms with Gasteiger partial charge < -0.3 is 10.6 Å². The number of carbonyl (C=O) groups excluding carboxylic acids is 1. The van der Waals surface area contributed by atoms with Crippen molar-refractivity contribution in [3.8, 4) is 0 Å². The Labute approximate surface area is 94.0 Å². The van der Waals surface area contributed by atoms with E-state index in [0.717, 1.165) is 0 Å². The topological polar surface area (TPSA) is 59.2 Å². The monoisotopic (exact) mass is 227 g/mol. The number of anilines is 1. The molecule has 0 aliphatic rings. The molecule has 0 aliphatic heterocycles. The maximum absolute atomic E-state index is 11.9. The highest BCUT2D eigenvalue weighted by Gasteiger charge is 2.15. The van der Waals surface area contributed by atoms with Gasteiger partial charge >= 0.3 is 0 Å². The van der Waals surface area contributed by atoms with Crippen LogP contribution in [0.15, 0.2) is 12.1 Å². The van der Waals surface area contributed by atoms with Crippen molar-refractivity contribution in [3.63, 3.8) is 0 Å². The number of aromatic nitrogens is 1. The van der Waals surface area contributed by atoms with Crippen LogP contribution in [0.3, 0.4) is 0 Å². The number of carbonyl (C=O) groups is 1. The Kier molecular flexibility index (Phi) is 3.52. The van der Waals surface area contributed by atoms with Crippen molar-refractivity contribution in [2.45, 2.75) is 19.9 Å². The summed E-state index contributed by atoms with van der Waals surface area (Å²) >= 11 is 5.72. The molecule has 82 valence electrons. The van der Waals surface area contributed by atoms with E-state index in [1.165, 1.54) is 12.1 Å². The Morgan fingerprint density at radius 1 is 1.53 bits per heavy atom. The van der Waals surface area contributed by atoms with Crippen LogP contribution in [0.2, 0.25) is 5.15 Å². The highest BCUT2D eigenvalue weighted by molar-refractivity contribution is 6.29. The Hall–Kier alpha value is -1.29. The molecule has 0 unspecified atom stereocenters. The lowest BCUT2D eigenvalue weighted by Crippen LogP contribution is -2.33. The van der Waals surface area contributed by atoms with E-state index in [0.29, 0.717) is 5.56 Å². The van der Waals surface area contributed by atoms with Crippen molar-refractivity contribution in [1.29, 1.82) is 0 Å². The third-order valence-corrected chi connectivity index (χ3v) is 2.35. The first-order valence-corrected chi connectivity index (χ1v) is 5.00. The standard InChI is InChI=1S/C10H14ClN3O/c1-6(2)14(3)10(15)7-4-8(11)13-9(12)5-7/h4-6H,1-3H3,(H2,12,13). The Balaban J connectivity index is 3.01. The van der Waals surface area contributed by atoms with Gasteiger partial charge in [0.05, 0.1) is 0 Å². The molecule has 1 amide bonds. The lowest BCUT2D eigenvalue weighted by atomic mass is 10.2. The first-order valence-electron chi connectivity index (χ1n) is 4.62. The van der Waals surface area contributed by atoms with Crippen LogP contribution in [0.25, 0.3) is 0 Å². The van der Waals surface area contributed by atoms with Crippen LogP contribution >= 0.6 is 11.6 Å². The predicted octanol–water partition coefficient (Wildman–Crippen LogP) is 1.80. The zero-order chi connectivity index (χ0) is 11.6. The number of pyridine rings is 1. The van der Waals surface area contributed by atoms with Crippen LogP contribution in [0.4, 0.5) is 5.82 Å². The predicted molar refractivity (Wildman–Crippen MR) is 60.9 cm³/mol. The molecule has 0 saturated heterocycles. The summed E-state index contributed by atoms with van der Waals surface area (Å²) in [5, 5.41) is 0.232. The molecule has 0 aliphatic carbocycles. The van der Waals surface area contributed by atoms with Gasteiger partial charge in [0.1, 0.15) is 11.0 Å². The molecule has 2 N–H and O–H groups in total. The molecule has 15 heavy (non-hydrogen) atoms. The molecule has 1 heterocycles. The lowest BCUT2D eigenvalue weighted by molar-refractivity contribution is 0.0755. The minimum Gasteiger partial charge on any atom is -0.384 e. The van der Waals surface area contributed by atoms with E-state index in [-0.39, 0.29) is 22.9 Å². The van der Waals surface area contributed by atoms with Crippen molar-refractivity contribution in [3.05, 3.63) is 22.8 Å². The highest BCUT2D eigenvalue weighted by atomic mass is 35.5. The van der Waals surface area contributed by atoms with Crippen LogP contribution < -0.4 is 5.73 Å². The van der Waals surface area contributed by atoms with Gasteiger partial charge in [-0.1, -0.05) is 11.6 Å². The quantitative estimate of drug-likeness (QED) is 0.784. The lowest BCUT2D eigenvalue weighted by Gasteiger charge is -2.21. The summed E-state index contributed by atoms with van der Waals surface area (Å²) < 4.78 is 0. The number of hydrogen-bond acceptors (Lipinski definition) is 3. The second-order valence-electron chi connectivity index (χ2n) is 3.61. The summed E-state index contributed by atoms with van der Waals surface area (Å²) in [5.74, 6) is 0.143. The Morgan fingerprint density at radius 3 is 2.60 bits per heavy atom. The van der Waals surface area contributed by atoms with Crippen LogP contribution in [0, 0.1) is 0 Å². The van der Waals surface area contributed by atoms with E-state index in [9.17, 15) is 4.79 Å². The smallest absolute Gasteiger partial charge is 0.254 e. The van der Waals surface area contributed by atoms with Gasteiger partial charge in [0.15, 0.2) is 0 Å². The second-order valence-corrected chi connectivity index (χ2v) is 4.00. The highest BCUT2D eigenvalue weighted by Crippen LogP contribution is 2.14. The van der Waals surface area contributed by atoms with E-state index >= 15 is 0 Å². The third-order valence-electron chi connectivity index (χ3n) is 2.16. The van der Waals surface area contributed by atoms with Crippen molar-refractivity contribution < 1.29 is 4.79 Å². The second kappa shape index (κ2) is 4.49. The summed E-state index contributed by atoms with van der Waals surface area (Å²) in [5.41, 5.74) is 5.97. The van der Waals surface area contributed by atoms with Crippen molar-refractivity contribution in [2.24, 2.45) is 0 Å². The number of nitrogens with zero attached hydrogens (tertiary/aromatic N) is 2. The van der Waals surface area contributed by atoms with Crippen LogP contribution in [0.5, 0.6) is 0 Å². The molecule has 0 saturated carbocycles. The first kappa shape index (κ1) is 11.8. The number of nitrogens with two attached hydrogens (primary N) is 1. The molecule has 0 bridgehead atoms. The number of nitrogen functional groups attached to an aromatic ring is 1. The van der Waals surface area contributed by atoms with Crippen LogP contribution in [-0.2, 0) is 0 Å². The van der Waals surface area contributed by atoms with E-state index < -0.39 is 0 Å². The van der Waals surface area contributed by atoms with Gasteiger partial charge in [0.2, 0.25) is 0 Å². The average Bonchev–Trinajstić information content (AvgIpc) is 2.13. The van der Waals surface area contributed by atoms with E-state index in [2.05, 4.69) is 4.98 Å². The molecule has 0 aromatic carbocycles. The maximum atomic E-state index is 11.9. The molecule has 0 atom stereocenters. The molecule has 0 fully saturated rings. The third kappa shape index (κ3) is 2.83. The molecule has 1 rings (SSSR count). The molecule has 5 heteroatoms. The fourth-order valence-corrected chi connectivity index (χ4v) is 1.29. The number of amides is 1. The summed E-state index contributed by atoms with van der Waals surface area (Å²) in [6.07, 6.45) is 0. The number of rotatable bonds is 2. The number of hydrogen-bond donors (Lipinski definition) is 1. The first-order chi connectivity index (χ1) is 6.91.